The van der Waals surface area contributed by atoms with Crippen LogP contribution in [0.3, 0.4) is 0 Å². The van der Waals surface area contributed by atoms with Crippen molar-refractivity contribution in [2.24, 2.45) is 5.10 Å². The lowest BCUT2D eigenvalue weighted by molar-refractivity contribution is 0.112. The van der Waals surface area contributed by atoms with Crippen LogP contribution in [0.1, 0.15) is 44.3 Å². The van der Waals surface area contributed by atoms with E-state index in [9.17, 15) is 9.59 Å². The number of anilines is 1. The number of ether oxygens (including phenoxy) is 1. The third-order valence-electron chi connectivity index (χ3n) is 5.08. The highest BCUT2D eigenvalue weighted by atomic mass is 16.5. The Morgan fingerprint density at radius 2 is 1.59 bits per heavy atom. The minimum Gasteiger partial charge on any atom is -0.496 e. The molecule has 29 heavy (non-hydrogen) atoms. The molecule has 0 aliphatic carbocycles. The maximum Gasteiger partial charge on any atom is 0.153 e. The third-order valence-corrected chi connectivity index (χ3v) is 5.08. The van der Waals surface area contributed by atoms with Gasteiger partial charge in [-0.25, -0.2) is 0 Å². The van der Waals surface area contributed by atoms with Crippen molar-refractivity contribution in [1.29, 1.82) is 0 Å². The lowest BCUT2D eigenvalue weighted by Crippen LogP contribution is -2.20. The number of rotatable bonds is 6. The SMILES string of the molecule is COc1cc(N2N=C(c3ccccc3)C[C@H]2c2ccccc2)c(C=O)cc1C=O. The summed E-state index contributed by atoms with van der Waals surface area (Å²) in [6, 6.07) is 23.2. The van der Waals surface area contributed by atoms with Crippen molar-refractivity contribution in [3.8, 4) is 5.75 Å². The number of carbonyl (C=O) groups is 2. The average Bonchev–Trinajstić information content (AvgIpc) is 3.24. The van der Waals surface area contributed by atoms with Crippen LogP contribution in [0.25, 0.3) is 0 Å². The van der Waals surface area contributed by atoms with Crippen molar-refractivity contribution in [2.45, 2.75) is 12.5 Å². The maximum atomic E-state index is 11.8. The van der Waals surface area contributed by atoms with Gasteiger partial charge in [-0.1, -0.05) is 60.7 Å². The number of nitrogens with zero attached hydrogens (tertiary/aromatic N) is 2. The molecule has 4 rings (SSSR count). The molecule has 3 aromatic rings. The van der Waals surface area contributed by atoms with Crippen LogP contribution in [-0.2, 0) is 0 Å². The van der Waals surface area contributed by atoms with Gasteiger partial charge in [0.25, 0.3) is 0 Å². The van der Waals surface area contributed by atoms with E-state index in [1.54, 1.807) is 12.1 Å². The Bertz CT molecular complexity index is 1060. The first kappa shape index (κ1) is 18.6. The fraction of sp³-hybridized carbons (Fsp3) is 0.125. The second kappa shape index (κ2) is 8.10. The summed E-state index contributed by atoms with van der Waals surface area (Å²) >= 11 is 0. The summed E-state index contributed by atoms with van der Waals surface area (Å²) in [6.07, 6.45) is 2.14. The summed E-state index contributed by atoms with van der Waals surface area (Å²) in [5, 5.41) is 6.73. The standard InChI is InChI=1S/C24H20N2O3/c1-29-24-14-23(19(15-27)12-20(24)16-28)26-22(18-10-6-3-7-11-18)13-21(25-26)17-8-4-2-5-9-17/h2-12,14-16,22H,13H2,1H3/t22-/m0/s1. The van der Waals surface area contributed by atoms with E-state index < -0.39 is 0 Å². The molecule has 0 bridgehead atoms. The van der Waals surface area contributed by atoms with Gasteiger partial charge in [-0.15, -0.1) is 0 Å². The third kappa shape index (κ3) is 3.55. The summed E-state index contributed by atoms with van der Waals surface area (Å²) in [5.41, 5.74) is 4.42. The van der Waals surface area contributed by atoms with E-state index in [2.05, 4.69) is 12.1 Å². The predicted octanol–water partition coefficient (Wildman–Crippen LogP) is 4.68. The molecule has 0 spiro atoms. The Morgan fingerprint density at radius 1 is 0.931 bits per heavy atom. The van der Waals surface area contributed by atoms with Gasteiger partial charge in [-0.3, -0.25) is 14.6 Å². The molecule has 0 radical (unpaired) electrons. The van der Waals surface area contributed by atoms with Crippen LogP contribution in [0.15, 0.2) is 77.9 Å². The number of aldehydes is 2. The normalized spacial score (nSPS) is 15.7. The first-order chi connectivity index (χ1) is 14.2. The van der Waals surface area contributed by atoms with Crippen molar-refractivity contribution in [1.82, 2.24) is 0 Å². The molecule has 1 aliphatic heterocycles. The molecular formula is C24H20N2O3. The molecule has 0 aromatic heterocycles. The molecule has 0 unspecified atom stereocenters. The van der Waals surface area contributed by atoms with Crippen LogP contribution in [-0.4, -0.2) is 25.4 Å². The van der Waals surface area contributed by atoms with Crippen LogP contribution < -0.4 is 9.75 Å². The summed E-state index contributed by atoms with van der Waals surface area (Å²) in [7, 11) is 1.50. The highest BCUT2D eigenvalue weighted by Gasteiger charge is 2.31. The van der Waals surface area contributed by atoms with Gasteiger partial charge >= 0.3 is 0 Å². The van der Waals surface area contributed by atoms with Gasteiger partial charge in [-0.2, -0.15) is 5.10 Å². The summed E-state index contributed by atoms with van der Waals surface area (Å²) in [5.74, 6) is 0.413. The van der Waals surface area contributed by atoms with E-state index in [0.717, 1.165) is 23.1 Å². The molecule has 0 fully saturated rings. The predicted molar refractivity (Wildman–Crippen MR) is 113 cm³/mol. The summed E-state index contributed by atoms with van der Waals surface area (Å²) in [4.78, 5) is 23.2. The van der Waals surface area contributed by atoms with E-state index in [0.29, 0.717) is 35.3 Å². The van der Waals surface area contributed by atoms with Gasteiger partial charge in [0.2, 0.25) is 0 Å². The lowest BCUT2D eigenvalue weighted by Gasteiger charge is -2.26. The largest absolute Gasteiger partial charge is 0.496 e. The molecule has 0 N–H and O–H groups in total. The highest BCUT2D eigenvalue weighted by Crippen LogP contribution is 2.40. The van der Waals surface area contributed by atoms with Gasteiger partial charge in [0.15, 0.2) is 12.6 Å². The van der Waals surface area contributed by atoms with Crippen LogP contribution in [0.4, 0.5) is 5.69 Å². The summed E-state index contributed by atoms with van der Waals surface area (Å²) < 4.78 is 5.37. The van der Waals surface area contributed by atoms with Crippen LogP contribution in [0.5, 0.6) is 5.75 Å². The van der Waals surface area contributed by atoms with Crippen molar-refractivity contribution in [3.05, 3.63) is 95.1 Å². The monoisotopic (exact) mass is 384 g/mol. The second-order valence-electron chi connectivity index (χ2n) is 6.78. The molecule has 0 amide bonds. The van der Waals surface area contributed by atoms with Crippen molar-refractivity contribution < 1.29 is 14.3 Å². The van der Waals surface area contributed by atoms with Crippen LogP contribution in [0.2, 0.25) is 0 Å². The van der Waals surface area contributed by atoms with E-state index in [1.165, 1.54) is 7.11 Å². The smallest absolute Gasteiger partial charge is 0.153 e. The molecule has 1 aliphatic rings. The zero-order valence-corrected chi connectivity index (χ0v) is 16.0. The maximum absolute atomic E-state index is 11.8. The molecule has 3 aromatic carbocycles. The Morgan fingerprint density at radius 3 is 2.21 bits per heavy atom. The van der Waals surface area contributed by atoms with Crippen LogP contribution >= 0.6 is 0 Å². The van der Waals surface area contributed by atoms with Crippen LogP contribution in [0, 0.1) is 0 Å². The number of carbonyl (C=O) groups excluding carboxylic acids is 2. The van der Waals surface area contributed by atoms with Crippen molar-refractivity contribution >= 4 is 24.0 Å². The van der Waals surface area contributed by atoms with Crippen molar-refractivity contribution in [2.75, 3.05) is 12.1 Å². The summed E-state index contributed by atoms with van der Waals surface area (Å²) in [6.45, 7) is 0. The van der Waals surface area contributed by atoms with E-state index in [-0.39, 0.29) is 6.04 Å². The fourth-order valence-corrected chi connectivity index (χ4v) is 3.64. The number of methoxy groups -OCH3 is 1. The Balaban J connectivity index is 1.86. The Labute approximate surface area is 169 Å². The van der Waals surface area contributed by atoms with Gasteiger partial charge in [0, 0.05) is 18.1 Å². The molecule has 1 atom stereocenters. The average molecular weight is 384 g/mol. The molecule has 144 valence electrons. The Kier molecular flexibility index (Phi) is 5.20. The van der Waals surface area contributed by atoms with E-state index >= 15 is 0 Å². The van der Waals surface area contributed by atoms with Gasteiger partial charge in [0.1, 0.15) is 5.75 Å². The van der Waals surface area contributed by atoms with Gasteiger partial charge in [0.05, 0.1) is 30.1 Å². The molecule has 5 nitrogen and oxygen atoms in total. The lowest BCUT2D eigenvalue weighted by atomic mass is 9.97. The quantitative estimate of drug-likeness (QED) is 0.579. The molecule has 0 saturated carbocycles. The first-order valence-electron chi connectivity index (χ1n) is 9.34. The number of hydrogen-bond donors (Lipinski definition) is 0. The minimum atomic E-state index is -0.0723. The molecular weight excluding hydrogens is 364 g/mol. The minimum absolute atomic E-state index is 0.0723. The molecule has 5 heteroatoms. The topological polar surface area (TPSA) is 59.0 Å². The molecule has 0 saturated heterocycles. The van der Waals surface area contributed by atoms with Gasteiger partial charge < -0.3 is 4.74 Å². The number of benzene rings is 3. The van der Waals surface area contributed by atoms with Crippen molar-refractivity contribution in [3.63, 3.8) is 0 Å². The second-order valence-corrected chi connectivity index (χ2v) is 6.78. The molecule has 1 heterocycles. The highest BCUT2D eigenvalue weighted by molar-refractivity contribution is 6.04. The number of hydrazone groups is 1. The zero-order valence-electron chi connectivity index (χ0n) is 16.0. The Hall–Kier alpha value is -3.73. The van der Waals surface area contributed by atoms with E-state index in [1.807, 2.05) is 53.5 Å². The van der Waals surface area contributed by atoms with E-state index in [4.69, 9.17) is 9.84 Å². The number of hydrogen-bond acceptors (Lipinski definition) is 5. The van der Waals surface area contributed by atoms with Gasteiger partial charge in [-0.05, 0) is 17.2 Å². The fourth-order valence-electron chi connectivity index (χ4n) is 3.64. The zero-order chi connectivity index (χ0) is 20.2. The first-order valence-corrected chi connectivity index (χ1v) is 9.34.